The molecule has 1 amide bonds. The Balaban J connectivity index is 3.76. The number of nitrogens with two attached hydrogens (primary N) is 1. The Kier molecular flexibility index (Phi) is 7.11. The maximum Gasteiger partial charge on any atom is 0.223 e. The highest BCUT2D eigenvalue weighted by Crippen LogP contribution is 2.05. The van der Waals surface area contributed by atoms with E-state index >= 15 is 0 Å². The summed E-state index contributed by atoms with van der Waals surface area (Å²) in [4.78, 5) is 11.5. The van der Waals surface area contributed by atoms with E-state index in [1.807, 2.05) is 19.9 Å². The van der Waals surface area contributed by atoms with Gasteiger partial charge in [-0.05, 0) is 32.7 Å². The number of carbonyl (C=O) groups is 1. The van der Waals surface area contributed by atoms with E-state index in [4.69, 9.17) is 5.73 Å². The fraction of sp³-hybridized carbons (Fsp3) is 0.727. The minimum atomic E-state index is 0.0609. The monoisotopic (exact) mass is 198 g/mol. The van der Waals surface area contributed by atoms with Gasteiger partial charge in [0.05, 0.1) is 0 Å². The van der Waals surface area contributed by atoms with Crippen molar-refractivity contribution in [2.45, 2.75) is 39.2 Å². The molecule has 0 aliphatic heterocycles. The summed E-state index contributed by atoms with van der Waals surface area (Å²) in [5.74, 6) is 0.179. The van der Waals surface area contributed by atoms with Crippen LogP contribution in [-0.2, 0) is 4.79 Å². The molecular formula is C11H22N2O. The molecule has 0 radical (unpaired) electrons. The van der Waals surface area contributed by atoms with Gasteiger partial charge in [0.15, 0.2) is 0 Å². The molecule has 3 nitrogen and oxygen atoms in total. The van der Waals surface area contributed by atoms with Crippen LogP contribution >= 0.6 is 0 Å². The van der Waals surface area contributed by atoms with Crippen LogP contribution in [0.2, 0.25) is 0 Å². The van der Waals surface area contributed by atoms with Gasteiger partial charge in [-0.15, -0.1) is 6.58 Å². The number of amides is 1. The molecule has 0 saturated heterocycles. The smallest absolute Gasteiger partial charge is 0.223 e. The van der Waals surface area contributed by atoms with Gasteiger partial charge in [0.25, 0.3) is 0 Å². The lowest BCUT2D eigenvalue weighted by Crippen LogP contribution is -2.36. The van der Waals surface area contributed by atoms with Crippen LogP contribution in [0.25, 0.3) is 0 Å². The van der Waals surface area contributed by atoms with Crippen LogP contribution in [0.15, 0.2) is 12.7 Å². The van der Waals surface area contributed by atoms with Gasteiger partial charge >= 0.3 is 0 Å². The first-order valence-corrected chi connectivity index (χ1v) is 5.23. The maximum atomic E-state index is 11.5. The first-order chi connectivity index (χ1) is 6.61. The molecule has 0 spiro atoms. The van der Waals surface area contributed by atoms with Crippen molar-refractivity contribution in [3.63, 3.8) is 0 Å². The van der Waals surface area contributed by atoms with Gasteiger partial charge in [0.1, 0.15) is 0 Å². The highest BCUT2D eigenvalue weighted by Gasteiger charge is 2.13. The summed E-state index contributed by atoms with van der Waals surface area (Å²) < 4.78 is 0. The summed E-state index contributed by atoms with van der Waals surface area (Å²) >= 11 is 0. The van der Waals surface area contributed by atoms with Crippen molar-refractivity contribution in [2.75, 3.05) is 6.54 Å². The summed E-state index contributed by atoms with van der Waals surface area (Å²) in [6.07, 6.45) is 4.40. The molecule has 0 saturated carbocycles. The molecule has 0 fully saturated rings. The molecule has 3 heteroatoms. The second-order valence-electron chi connectivity index (χ2n) is 3.77. The van der Waals surface area contributed by atoms with Gasteiger partial charge in [0, 0.05) is 12.0 Å². The first kappa shape index (κ1) is 13.2. The van der Waals surface area contributed by atoms with Crippen LogP contribution in [0.5, 0.6) is 0 Å². The molecule has 2 atom stereocenters. The van der Waals surface area contributed by atoms with Gasteiger partial charge < -0.3 is 11.1 Å². The summed E-state index contributed by atoms with van der Waals surface area (Å²) in [7, 11) is 0. The van der Waals surface area contributed by atoms with E-state index in [2.05, 4.69) is 11.9 Å². The molecule has 82 valence electrons. The van der Waals surface area contributed by atoms with Crippen LogP contribution in [0.4, 0.5) is 0 Å². The molecule has 0 heterocycles. The molecule has 2 unspecified atom stereocenters. The normalized spacial score (nSPS) is 14.5. The van der Waals surface area contributed by atoms with Crippen molar-refractivity contribution in [3.05, 3.63) is 12.7 Å². The summed E-state index contributed by atoms with van der Waals surface area (Å²) in [5.41, 5.74) is 5.38. The molecule has 0 aromatic heterocycles. The quantitative estimate of drug-likeness (QED) is 0.608. The van der Waals surface area contributed by atoms with Crippen LogP contribution < -0.4 is 11.1 Å². The molecule has 0 aliphatic carbocycles. The van der Waals surface area contributed by atoms with Crippen LogP contribution in [-0.4, -0.2) is 18.5 Å². The molecular weight excluding hydrogens is 176 g/mol. The van der Waals surface area contributed by atoms with Crippen molar-refractivity contribution in [1.29, 1.82) is 0 Å². The van der Waals surface area contributed by atoms with Crippen molar-refractivity contribution in [1.82, 2.24) is 5.32 Å². The Bertz CT molecular complexity index is 180. The minimum Gasteiger partial charge on any atom is -0.353 e. The average Bonchev–Trinajstić information content (AvgIpc) is 2.14. The fourth-order valence-corrected chi connectivity index (χ4v) is 1.25. The van der Waals surface area contributed by atoms with Crippen molar-refractivity contribution >= 4 is 5.91 Å². The van der Waals surface area contributed by atoms with E-state index in [1.165, 1.54) is 0 Å². The third kappa shape index (κ3) is 5.75. The highest BCUT2D eigenvalue weighted by molar-refractivity contribution is 5.78. The van der Waals surface area contributed by atoms with Crippen LogP contribution in [0.1, 0.15) is 33.1 Å². The number of carbonyl (C=O) groups excluding carboxylic acids is 1. The molecule has 14 heavy (non-hydrogen) atoms. The minimum absolute atomic E-state index is 0.0609. The van der Waals surface area contributed by atoms with E-state index in [9.17, 15) is 4.79 Å². The van der Waals surface area contributed by atoms with Crippen LogP contribution in [0, 0.1) is 5.92 Å². The Hall–Kier alpha value is -0.830. The number of hydrogen-bond donors (Lipinski definition) is 2. The Morgan fingerprint density at radius 2 is 2.21 bits per heavy atom. The zero-order chi connectivity index (χ0) is 11.0. The summed E-state index contributed by atoms with van der Waals surface area (Å²) in [6, 6.07) is 0.181. The molecule has 0 aliphatic rings. The van der Waals surface area contributed by atoms with Crippen molar-refractivity contribution < 1.29 is 4.79 Å². The van der Waals surface area contributed by atoms with Gasteiger partial charge in [-0.25, -0.2) is 0 Å². The van der Waals surface area contributed by atoms with Crippen molar-refractivity contribution in [3.8, 4) is 0 Å². The van der Waals surface area contributed by atoms with Gasteiger partial charge in [-0.1, -0.05) is 13.0 Å². The summed E-state index contributed by atoms with van der Waals surface area (Å²) in [6.45, 7) is 8.20. The summed E-state index contributed by atoms with van der Waals surface area (Å²) in [5, 5.41) is 2.94. The Morgan fingerprint density at radius 1 is 1.57 bits per heavy atom. The molecule has 0 rings (SSSR count). The van der Waals surface area contributed by atoms with E-state index < -0.39 is 0 Å². The van der Waals surface area contributed by atoms with E-state index in [0.717, 1.165) is 19.3 Å². The third-order valence-corrected chi connectivity index (χ3v) is 2.20. The number of rotatable bonds is 7. The average molecular weight is 198 g/mol. The molecule has 0 bridgehead atoms. The highest BCUT2D eigenvalue weighted by atomic mass is 16.1. The van der Waals surface area contributed by atoms with E-state index in [0.29, 0.717) is 6.54 Å². The standard InChI is InChI=1S/C11H22N2O/c1-4-6-10(3)13-11(14)9(2)7-5-8-12/h4,9-10H,1,5-8,12H2,2-3H3,(H,13,14). The predicted molar refractivity (Wildman–Crippen MR) is 59.9 cm³/mol. The lowest BCUT2D eigenvalue weighted by molar-refractivity contribution is -0.125. The predicted octanol–water partition coefficient (Wildman–Crippen LogP) is 1.44. The SMILES string of the molecule is C=CCC(C)NC(=O)C(C)CCCN. The third-order valence-electron chi connectivity index (χ3n) is 2.20. The molecule has 0 aromatic rings. The van der Waals surface area contributed by atoms with E-state index in [1.54, 1.807) is 0 Å². The number of nitrogens with one attached hydrogen (secondary N) is 1. The largest absolute Gasteiger partial charge is 0.353 e. The Morgan fingerprint density at radius 3 is 2.71 bits per heavy atom. The van der Waals surface area contributed by atoms with Crippen molar-refractivity contribution in [2.24, 2.45) is 11.7 Å². The zero-order valence-corrected chi connectivity index (χ0v) is 9.25. The lowest BCUT2D eigenvalue weighted by Gasteiger charge is -2.15. The molecule has 3 N–H and O–H groups in total. The first-order valence-electron chi connectivity index (χ1n) is 5.23. The Labute approximate surface area is 86.8 Å². The second kappa shape index (κ2) is 7.56. The van der Waals surface area contributed by atoms with Crippen LogP contribution in [0.3, 0.4) is 0 Å². The fourth-order valence-electron chi connectivity index (χ4n) is 1.25. The van der Waals surface area contributed by atoms with Gasteiger partial charge in [-0.3, -0.25) is 4.79 Å². The van der Waals surface area contributed by atoms with Gasteiger partial charge in [0.2, 0.25) is 5.91 Å². The van der Waals surface area contributed by atoms with E-state index in [-0.39, 0.29) is 17.9 Å². The zero-order valence-electron chi connectivity index (χ0n) is 9.25. The second-order valence-corrected chi connectivity index (χ2v) is 3.77. The van der Waals surface area contributed by atoms with Gasteiger partial charge in [-0.2, -0.15) is 0 Å². The molecule has 0 aromatic carbocycles. The lowest BCUT2D eigenvalue weighted by atomic mass is 10.0. The topological polar surface area (TPSA) is 55.1 Å². The maximum absolute atomic E-state index is 11.5. The number of hydrogen-bond acceptors (Lipinski definition) is 2.